The van der Waals surface area contributed by atoms with Gasteiger partial charge in [0, 0.05) is 10.6 Å². The van der Waals surface area contributed by atoms with Crippen LogP contribution in [0.3, 0.4) is 0 Å². The molecule has 0 aliphatic heterocycles. The predicted octanol–water partition coefficient (Wildman–Crippen LogP) is 6.19. The van der Waals surface area contributed by atoms with Gasteiger partial charge in [-0.05, 0) is 54.1 Å². The minimum absolute atomic E-state index is 0.398. The van der Waals surface area contributed by atoms with Gasteiger partial charge in [0.05, 0.1) is 28.3 Å². The Morgan fingerprint density at radius 2 is 1.84 bits per heavy atom. The van der Waals surface area contributed by atoms with Gasteiger partial charge in [0.2, 0.25) is 0 Å². The van der Waals surface area contributed by atoms with Crippen LogP contribution in [-0.4, -0.2) is 0 Å². The number of furan rings is 1. The second kappa shape index (κ2) is 7.28. The third-order valence-electron chi connectivity index (χ3n) is 3.53. The van der Waals surface area contributed by atoms with E-state index in [0.29, 0.717) is 43.8 Å². The maximum Gasteiger partial charge on any atom is 0.136 e. The largest absolute Gasteiger partial charge is 0.457 e. The van der Waals surface area contributed by atoms with Crippen LogP contribution in [0.25, 0.3) is 23.0 Å². The Morgan fingerprint density at radius 3 is 2.60 bits per heavy atom. The fourth-order valence-corrected chi connectivity index (χ4v) is 2.72. The Morgan fingerprint density at radius 1 is 1.00 bits per heavy atom. The minimum Gasteiger partial charge on any atom is -0.457 e. The summed E-state index contributed by atoms with van der Waals surface area (Å²) in [6.45, 7) is 0. The van der Waals surface area contributed by atoms with Gasteiger partial charge in [-0.1, -0.05) is 35.3 Å². The van der Waals surface area contributed by atoms with Gasteiger partial charge in [-0.3, -0.25) is 0 Å². The molecule has 3 rings (SSSR count). The Kier molecular flexibility index (Phi) is 4.91. The molecule has 3 nitrogen and oxygen atoms in total. The van der Waals surface area contributed by atoms with Crippen molar-refractivity contribution in [1.29, 1.82) is 10.5 Å². The standard InChI is InChI=1S/C20H10Cl2N2O/c21-16-4-6-19(22)18(10-16)20-7-5-17(25-20)9-15(12-24)14-3-1-2-13(8-14)11-23/h1-10H/b15-9+. The van der Waals surface area contributed by atoms with E-state index >= 15 is 0 Å². The van der Waals surface area contributed by atoms with Crippen molar-refractivity contribution in [3.63, 3.8) is 0 Å². The molecule has 5 heteroatoms. The first-order chi connectivity index (χ1) is 12.1. The normalized spacial score (nSPS) is 11.0. The Balaban J connectivity index is 1.98. The first-order valence-electron chi connectivity index (χ1n) is 7.28. The van der Waals surface area contributed by atoms with E-state index in [2.05, 4.69) is 12.1 Å². The van der Waals surface area contributed by atoms with Gasteiger partial charge < -0.3 is 4.42 Å². The topological polar surface area (TPSA) is 60.7 Å². The second-order valence-corrected chi connectivity index (χ2v) is 6.03. The Bertz CT molecular complexity index is 1050. The van der Waals surface area contributed by atoms with Crippen molar-refractivity contribution in [3.8, 4) is 23.5 Å². The molecule has 0 aliphatic rings. The SMILES string of the molecule is N#C/C(=C\c1ccc(-c2cc(Cl)ccc2Cl)o1)c1cccc(C#N)c1. The average molecular weight is 365 g/mol. The summed E-state index contributed by atoms with van der Waals surface area (Å²) >= 11 is 12.2. The van der Waals surface area contributed by atoms with Gasteiger partial charge in [0.25, 0.3) is 0 Å². The third kappa shape index (κ3) is 3.75. The number of rotatable bonds is 3. The first kappa shape index (κ1) is 16.9. The van der Waals surface area contributed by atoms with Crippen LogP contribution < -0.4 is 0 Å². The number of allylic oxidation sites excluding steroid dienone is 1. The first-order valence-corrected chi connectivity index (χ1v) is 8.04. The van der Waals surface area contributed by atoms with E-state index in [4.69, 9.17) is 32.9 Å². The maximum atomic E-state index is 9.43. The lowest BCUT2D eigenvalue weighted by Crippen LogP contribution is -1.83. The minimum atomic E-state index is 0.398. The lowest BCUT2D eigenvalue weighted by molar-refractivity contribution is 0.572. The summed E-state index contributed by atoms with van der Waals surface area (Å²) in [5, 5.41) is 19.5. The van der Waals surface area contributed by atoms with Gasteiger partial charge in [0.1, 0.15) is 11.5 Å². The number of hydrogen-bond donors (Lipinski definition) is 0. The number of halogens is 2. The van der Waals surface area contributed by atoms with Crippen LogP contribution in [0.15, 0.2) is 59.0 Å². The van der Waals surface area contributed by atoms with E-state index < -0.39 is 0 Å². The van der Waals surface area contributed by atoms with Gasteiger partial charge in [-0.15, -0.1) is 0 Å². The molecule has 1 aromatic heterocycles. The highest BCUT2D eigenvalue weighted by Gasteiger charge is 2.10. The summed E-state index contributed by atoms with van der Waals surface area (Å²) in [4.78, 5) is 0. The van der Waals surface area contributed by atoms with Gasteiger partial charge in [-0.2, -0.15) is 10.5 Å². The summed E-state index contributed by atoms with van der Waals surface area (Å²) in [6.07, 6.45) is 1.62. The van der Waals surface area contributed by atoms with E-state index in [1.165, 1.54) is 0 Å². The zero-order valence-corrected chi connectivity index (χ0v) is 14.3. The molecule has 1 heterocycles. The van der Waals surface area contributed by atoms with Crippen molar-refractivity contribution in [2.24, 2.45) is 0 Å². The van der Waals surface area contributed by atoms with Gasteiger partial charge in [0.15, 0.2) is 0 Å². The molecule has 0 saturated heterocycles. The van der Waals surface area contributed by atoms with Crippen molar-refractivity contribution in [2.75, 3.05) is 0 Å². The van der Waals surface area contributed by atoms with Gasteiger partial charge in [-0.25, -0.2) is 0 Å². The summed E-state index contributed by atoms with van der Waals surface area (Å²) in [5.74, 6) is 1.06. The molecule has 0 fully saturated rings. The molecular formula is C20H10Cl2N2O. The van der Waals surface area contributed by atoms with Crippen LogP contribution in [0, 0.1) is 22.7 Å². The smallest absolute Gasteiger partial charge is 0.136 e. The molecule has 3 aromatic rings. The molecule has 0 spiro atoms. The molecule has 0 aliphatic carbocycles. The highest BCUT2D eigenvalue weighted by atomic mass is 35.5. The van der Waals surface area contributed by atoms with Crippen molar-refractivity contribution in [3.05, 3.63) is 81.5 Å². The quantitative estimate of drug-likeness (QED) is 0.520. The molecule has 0 amide bonds. The van der Waals surface area contributed by atoms with Crippen LogP contribution in [0.5, 0.6) is 0 Å². The Labute approximate surface area is 155 Å². The lowest BCUT2D eigenvalue weighted by atomic mass is 10.0. The van der Waals surface area contributed by atoms with Crippen molar-refractivity contribution in [1.82, 2.24) is 0 Å². The summed E-state index contributed by atoms with van der Waals surface area (Å²) in [7, 11) is 0. The van der Waals surface area contributed by atoms with Crippen LogP contribution in [0.1, 0.15) is 16.9 Å². The van der Waals surface area contributed by atoms with E-state index in [1.54, 1.807) is 60.7 Å². The monoisotopic (exact) mass is 364 g/mol. The van der Waals surface area contributed by atoms with E-state index in [-0.39, 0.29) is 0 Å². The zero-order chi connectivity index (χ0) is 17.8. The molecular weight excluding hydrogens is 355 g/mol. The number of benzene rings is 2. The number of nitriles is 2. The summed E-state index contributed by atoms with van der Waals surface area (Å²) in [6, 6.07) is 19.7. The Hall–Kier alpha value is -2.98. The number of hydrogen-bond acceptors (Lipinski definition) is 3. The zero-order valence-electron chi connectivity index (χ0n) is 12.8. The molecule has 0 saturated carbocycles. The van der Waals surface area contributed by atoms with E-state index in [1.807, 2.05) is 0 Å². The average Bonchev–Trinajstić information content (AvgIpc) is 3.10. The van der Waals surface area contributed by atoms with Crippen molar-refractivity contribution >= 4 is 34.9 Å². The fraction of sp³-hybridized carbons (Fsp3) is 0. The number of nitrogens with zero attached hydrogens (tertiary/aromatic N) is 2. The highest BCUT2D eigenvalue weighted by Crippen LogP contribution is 2.32. The molecule has 0 atom stereocenters. The van der Waals surface area contributed by atoms with Crippen LogP contribution >= 0.6 is 23.2 Å². The summed E-state index contributed by atoms with van der Waals surface area (Å²) < 4.78 is 5.78. The van der Waals surface area contributed by atoms with Crippen LogP contribution in [0.2, 0.25) is 10.0 Å². The predicted molar refractivity (Wildman–Crippen MR) is 98.8 cm³/mol. The molecule has 25 heavy (non-hydrogen) atoms. The molecule has 0 N–H and O–H groups in total. The third-order valence-corrected chi connectivity index (χ3v) is 4.10. The van der Waals surface area contributed by atoms with E-state index in [0.717, 1.165) is 0 Å². The summed E-state index contributed by atoms with van der Waals surface area (Å²) in [5.41, 5.74) is 2.22. The van der Waals surface area contributed by atoms with Crippen LogP contribution in [-0.2, 0) is 0 Å². The second-order valence-electron chi connectivity index (χ2n) is 5.19. The molecule has 0 radical (unpaired) electrons. The molecule has 0 bridgehead atoms. The molecule has 0 unspecified atom stereocenters. The highest BCUT2D eigenvalue weighted by molar-refractivity contribution is 6.35. The van der Waals surface area contributed by atoms with Crippen molar-refractivity contribution in [2.45, 2.75) is 0 Å². The van der Waals surface area contributed by atoms with Crippen molar-refractivity contribution < 1.29 is 4.42 Å². The van der Waals surface area contributed by atoms with Crippen LogP contribution in [0.4, 0.5) is 0 Å². The molecule has 2 aromatic carbocycles. The molecule has 120 valence electrons. The fourth-order valence-electron chi connectivity index (χ4n) is 2.34. The maximum absolute atomic E-state index is 9.43. The van der Waals surface area contributed by atoms with Gasteiger partial charge >= 0.3 is 0 Å². The lowest BCUT2D eigenvalue weighted by Gasteiger charge is -2.01. The van der Waals surface area contributed by atoms with E-state index in [9.17, 15) is 5.26 Å².